The van der Waals surface area contributed by atoms with Crippen LogP contribution in [0.15, 0.2) is 0 Å². The zero-order chi connectivity index (χ0) is 14.7. The molecule has 0 spiro atoms. The molecule has 1 N–H and O–H groups in total. The summed E-state index contributed by atoms with van der Waals surface area (Å²) in [7, 11) is 1.95. The van der Waals surface area contributed by atoms with E-state index in [0.717, 1.165) is 12.3 Å². The van der Waals surface area contributed by atoms with Gasteiger partial charge in [0.15, 0.2) is 0 Å². The van der Waals surface area contributed by atoms with Crippen molar-refractivity contribution in [2.75, 3.05) is 7.05 Å². The molecule has 1 saturated heterocycles. The van der Waals surface area contributed by atoms with Crippen LogP contribution in [0.3, 0.4) is 0 Å². The fourth-order valence-corrected chi connectivity index (χ4v) is 4.94. The lowest BCUT2D eigenvalue weighted by atomic mass is 9.43. The largest absolute Gasteiger partial charge is 0.475 e. The quantitative estimate of drug-likeness (QED) is 0.803. The van der Waals surface area contributed by atoms with Crippen LogP contribution < -0.4 is 5.32 Å². The first-order valence-electron chi connectivity index (χ1n) is 8.29. The van der Waals surface area contributed by atoms with Crippen molar-refractivity contribution in [1.82, 2.24) is 5.32 Å². The number of rotatable bonds is 4. The van der Waals surface area contributed by atoms with Crippen LogP contribution in [0, 0.1) is 23.2 Å². The topological polar surface area (TPSA) is 30.5 Å². The van der Waals surface area contributed by atoms with Crippen molar-refractivity contribution in [1.29, 1.82) is 0 Å². The van der Waals surface area contributed by atoms with Gasteiger partial charge in [-0.15, -0.1) is 0 Å². The van der Waals surface area contributed by atoms with Crippen molar-refractivity contribution in [2.45, 2.75) is 71.5 Å². The van der Waals surface area contributed by atoms with Gasteiger partial charge in [-0.2, -0.15) is 0 Å². The zero-order valence-corrected chi connectivity index (χ0v) is 13.9. The maximum absolute atomic E-state index is 6.51. The zero-order valence-electron chi connectivity index (χ0n) is 13.9. The second-order valence-electron chi connectivity index (χ2n) is 8.36. The van der Waals surface area contributed by atoms with Crippen molar-refractivity contribution in [2.24, 2.45) is 23.2 Å². The minimum Gasteiger partial charge on any atom is -0.404 e. The molecule has 3 aliphatic carbocycles. The normalized spacial score (nSPS) is 43.4. The highest BCUT2D eigenvalue weighted by Crippen LogP contribution is 2.65. The summed E-state index contributed by atoms with van der Waals surface area (Å²) in [4.78, 5) is 0. The van der Waals surface area contributed by atoms with E-state index in [1.165, 1.54) is 12.8 Å². The third-order valence-electron chi connectivity index (χ3n) is 6.39. The van der Waals surface area contributed by atoms with E-state index >= 15 is 0 Å². The Kier molecular flexibility index (Phi) is 3.51. The van der Waals surface area contributed by atoms with Gasteiger partial charge in [0.25, 0.3) is 0 Å². The maximum atomic E-state index is 6.51. The first-order chi connectivity index (χ1) is 9.29. The molecule has 0 amide bonds. The second kappa shape index (κ2) is 4.72. The highest BCUT2D eigenvalue weighted by Gasteiger charge is 2.68. The molecule has 4 fully saturated rings. The minimum atomic E-state index is -0.0763. The highest BCUT2D eigenvalue weighted by molar-refractivity contribution is 6.47. The Morgan fingerprint density at radius 1 is 1.25 bits per heavy atom. The molecule has 4 aliphatic rings. The molecular formula is C16H30BNO2. The Labute approximate surface area is 124 Å². The summed E-state index contributed by atoms with van der Waals surface area (Å²) in [6.45, 7) is 11.6. The third kappa shape index (κ3) is 1.99. The first-order valence-corrected chi connectivity index (χ1v) is 8.29. The van der Waals surface area contributed by atoms with Crippen molar-refractivity contribution in [3.8, 4) is 0 Å². The Balaban J connectivity index is 1.75. The van der Waals surface area contributed by atoms with E-state index in [1.54, 1.807) is 0 Å². The molecule has 4 rings (SSSR count). The van der Waals surface area contributed by atoms with Crippen LogP contribution in [-0.4, -0.2) is 31.8 Å². The Hall–Kier alpha value is -0.0551. The Bertz CT molecular complexity index is 387. The predicted molar refractivity (Wildman–Crippen MR) is 82.4 cm³/mol. The van der Waals surface area contributed by atoms with Crippen molar-refractivity contribution in [3.63, 3.8) is 0 Å². The molecule has 5 atom stereocenters. The number of hydrogen-bond acceptors (Lipinski definition) is 3. The SMILES string of the molecule is CN[C@@H](CC(C)C)B1O[C@@H]2C[C@@H]3C[C@@H](C3(C)C)[C@]2(C)O1. The molecule has 4 heteroatoms. The molecule has 114 valence electrons. The van der Waals surface area contributed by atoms with Gasteiger partial charge in [-0.3, -0.25) is 0 Å². The van der Waals surface area contributed by atoms with Crippen molar-refractivity contribution in [3.05, 3.63) is 0 Å². The van der Waals surface area contributed by atoms with Gasteiger partial charge in [0.2, 0.25) is 0 Å². The summed E-state index contributed by atoms with van der Waals surface area (Å²) in [5.41, 5.74) is 0.353. The van der Waals surface area contributed by atoms with Gasteiger partial charge < -0.3 is 14.6 Å². The lowest BCUT2D eigenvalue weighted by Crippen LogP contribution is -2.65. The average Bonchev–Trinajstić information content (AvgIpc) is 2.71. The summed E-state index contributed by atoms with van der Waals surface area (Å²) in [5, 5.41) is 3.40. The fraction of sp³-hybridized carbons (Fsp3) is 1.00. The van der Waals surface area contributed by atoms with Gasteiger partial charge >= 0.3 is 7.12 Å². The molecule has 0 aromatic heterocycles. The molecule has 3 nitrogen and oxygen atoms in total. The summed E-state index contributed by atoms with van der Waals surface area (Å²) in [6, 6.07) is 0. The molecule has 3 saturated carbocycles. The average molecular weight is 279 g/mol. The molecular weight excluding hydrogens is 249 g/mol. The van der Waals surface area contributed by atoms with E-state index in [4.69, 9.17) is 9.31 Å². The minimum absolute atomic E-state index is 0.0744. The Morgan fingerprint density at radius 3 is 2.50 bits per heavy atom. The molecule has 0 radical (unpaired) electrons. The van der Waals surface area contributed by atoms with Crippen LogP contribution in [-0.2, 0) is 9.31 Å². The van der Waals surface area contributed by atoms with Gasteiger partial charge in [-0.1, -0.05) is 27.7 Å². The van der Waals surface area contributed by atoms with Crippen molar-refractivity contribution >= 4 is 7.12 Å². The smallest absolute Gasteiger partial charge is 0.404 e. The summed E-state index contributed by atoms with van der Waals surface area (Å²) < 4.78 is 12.8. The number of hydrogen-bond donors (Lipinski definition) is 1. The van der Waals surface area contributed by atoms with Gasteiger partial charge in [-0.25, -0.2) is 0 Å². The fourth-order valence-electron chi connectivity index (χ4n) is 4.94. The lowest BCUT2D eigenvalue weighted by Gasteiger charge is -2.64. The van der Waals surface area contributed by atoms with Crippen LogP contribution >= 0.6 is 0 Å². The second-order valence-corrected chi connectivity index (χ2v) is 8.36. The molecule has 0 unspecified atom stereocenters. The molecule has 0 aromatic rings. The van der Waals surface area contributed by atoms with Crippen LogP contribution in [0.25, 0.3) is 0 Å². The van der Waals surface area contributed by atoms with Gasteiger partial charge in [0, 0.05) is 5.94 Å². The van der Waals surface area contributed by atoms with Crippen LogP contribution in [0.1, 0.15) is 53.9 Å². The Morgan fingerprint density at radius 2 is 1.95 bits per heavy atom. The van der Waals surface area contributed by atoms with Crippen LogP contribution in [0.2, 0.25) is 0 Å². The first kappa shape index (κ1) is 14.9. The predicted octanol–water partition coefficient (Wildman–Crippen LogP) is 2.89. The lowest BCUT2D eigenvalue weighted by molar-refractivity contribution is -0.199. The monoisotopic (exact) mass is 279 g/mol. The highest BCUT2D eigenvalue weighted by atomic mass is 16.7. The van der Waals surface area contributed by atoms with Crippen LogP contribution in [0.5, 0.6) is 0 Å². The molecule has 1 heterocycles. The summed E-state index contributed by atoms with van der Waals surface area (Å²) >= 11 is 0. The van der Waals surface area contributed by atoms with Gasteiger partial charge in [-0.05, 0) is 56.4 Å². The summed E-state index contributed by atoms with van der Waals surface area (Å²) in [5.74, 6) is 2.43. The molecule has 0 aromatic carbocycles. The maximum Gasteiger partial charge on any atom is 0.475 e. The van der Waals surface area contributed by atoms with Gasteiger partial charge in [0.1, 0.15) is 0 Å². The van der Waals surface area contributed by atoms with E-state index in [-0.39, 0.29) is 12.7 Å². The van der Waals surface area contributed by atoms with E-state index in [2.05, 4.69) is 39.9 Å². The van der Waals surface area contributed by atoms with E-state index in [9.17, 15) is 0 Å². The van der Waals surface area contributed by atoms with Crippen molar-refractivity contribution < 1.29 is 9.31 Å². The van der Waals surface area contributed by atoms with E-state index in [0.29, 0.717) is 29.3 Å². The molecule has 20 heavy (non-hydrogen) atoms. The molecule has 2 bridgehead atoms. The number of nitrogens with one attached hydrogen (secondary N) is 1. The van der Waals surface area contributed by atoms with Crippen LogP contribution in [0.4, 0.5) is 0 Å². The van der Waals surface area contributed by atoms with E-state index < -0.39 is 0 Å². The van der Waals surface area contributed by atoms with E-state index in [1.807, 2.05) is 7.05 Å². The molecule has 1 aliphatic heterocycles. The van der Waals surface area contributed by atoms with Gasteiger partial charge in [0.05, 0.1) is 11.7 Å². The standard InChI is InChI=1S/C16H30BNO2/c1-10(2)7-14(18-6)17-19-13-9-11-8-12(15(11,3)4)16(13,5)20-17/h10-14,18H,7-9H2,1-6H3/t11-,12-,13+,14-,16-/m0/s1. The summed E-state index contributed by atoms with van der Waals surface area (Å²) in [6.07, 6.45) is 3.90. The third-order valence-corrected chi connectivity index (χ3v) is 6.39.